The van der Waals surface area contributed by atoms with Crippen molar-refractivity contribution in [3.63, 3.8) is 0 Å². The molecule has 174 valence electrons. The fourth-order valence-corrected chi connectivity index (χ4v) is 3.33. The fraction of sp³-hybridized carbons (Fsp3) is 0.346. The predicted molar refractivity (Wildman–Crippen MR) is 124 cm³/mol. The minimum Gasteiger partial charge on any atom is -0.489 e. The van der Waals surface area contributed by atoms with E-state index in [0.29, 0.717) is 23.6 Å². The van der Waals surface area contributed by atoms with E-state index >= 15 is 0 Å². The molecule has 1 heterocycles. The van der Waals surface area contributed by atoms with Gasteiger partial charge in [0.1, 0.15) is 18.1 Å². The second-order valence-electron chi connectivity index (χ2n) is 8.83. The number of carbonyl (C=O) groups is 2. The Morgan fingerprint density at radius 3 is 2.39 bits per heavy atom. The molecule has 7 nitrogen and oxygen atoms in total. The molecule has 1 amide bonds. The molecule has 0 saturated heterocycles. The third kappa shape index (κ3) is 6.44. The molecule has 1 aromatic heterocycles. The van der Waals surface area contributed by atoms with Crippen LogP contribution in [0.5, 0.6) is 5.75 Å². The molecule has 0 unspecified atom stereocenters. The van der Waals surface area contributed by atoms with Crippen LogP contribution in [-0.2, 0) is 22.7 Å². The van der Waals surface area contributed by atoms with Crippen molar-refractivity contribution in [1.29, 1.82) is 0 Å². The number of hydrogen-bond acceptors (Lipinski definition) is 6. The summed E-state index contributed by atoms with van der Waals surface area (Å²) in [7, 11) is 0. The monoisotopic (exact) mass is 450 g/mol. The van der Waals surface area contributed by atoms with Gasteiger partial charge in [0.2, 0.25) is 0 Å². The molecule has 0 fully saturated rings. The van der Waals surface area contributed by atoms with Gasteiger partial charge in [-0.25, -0.2) is 4.79 Å². The van der Waals surface area contributed by atoms with Gasteiger partial charge in [-0.15, -0.1) is 0 Å². The first-order chi connectivity index (χ1) is 15.6. The number of ether oxygens (including phenoxy) is 2. The molecule has 7 heteroatoms. The zero-order valence-corrected chi connectivity index (χ0v) is 19.8. The van der Waals surface area contributed by atoms with Crippen molar-refractivity contribution in [3.05, 3.63) is 82.7 Å². The van der Waals surface area contributed by atoms with E-state index in [1.54, 1.807) is 29.2 Å². The van der Waals surface area contributed by atoms with Crippen molar-refractivity contribution in [2.75, 3.05) is 6.61 Å². The van der Waals surface area contributed by atoms with E-state index < -0.39 is 11.5 Å². The number of aromatic nitrogens is 1. The number of hydrogen-bond donors (Lipinski definition) is 0. The van der Waals surface area contributed by atoms with Gasteiger partial charge < -0.3 is 18.9 Å². The maximum Gasteiger partial charge on any atom is 0.338 e. The largest absolute Gasteiger partial charge is 0.489 e. The Morgan fingerprint density at radius 1 is 1.03 bits per heavy atom. The average molecular weight is 451 g/mol. The lowest BCUT2D eigenvalue weighted by molar-refractivity contribution is -0.140. The van der Waals surface area contributed by atoms with Crippen LogP contribution in [0.25, 0.3) is 0 Å². The van der Waals surface area contributed by atoms with E-state index in [0.717, 1.165) is 16.8 Å². The van der Waals surface area contributed by atoms with Crippen LogP contribution < -0.4 is 4.74 Å². The predicted octanol–water partition coefficient (Wildman–Crippen LogP) is 4.85. The lowest BCUT2D eigenvalue weighted by atomic mass is 10.0. The number of nitrogens with zero attached hydrogens (tertiary/aromatic N) is 2. The van der Waals surface area contributed by atoms with Crippen molar-refractivity contribution in [2.45, 2.75) is 53.3 Å². The molecular formula is C26H30N2O5. The summed E-state index contributed by atoms with van der Waals surface area (Å²) in [6.45, 7) is 9.90. The summed E-state index contributed by atoms with van der Waals surface area (Å²) < 4.78 is 16.3. The third-order valence-corrected chi connectivity index (χ3v) is 5.26. The molecule has 0 saturated carbocycles. The minimum absolute atomic E-state index is 0.259. The Hall–Kier alpha value is -3.61. The standard InChI is InChI=1S/C26H30N2O5/c1-18-23(19(2)33-27-18)16-31-22-13-9-12-21(14-22)25(30)32-17-24(29)28(26(3,4)5)15-20-10-7-6-8-11-20/h6-14H,15-17H2,1-5H3. The van der Waals surface area contributed by atoms with E-state index in [1.807, 2.05) is 65.0 Å². The van der Waals surface area contributed by atoms with Crippen LogP contribution in [0.3, 0.4) is 0 Å². The summed E-state index contributed by atoms with van der Waals surface area (Å²) in [6, 6.07) is 16.4. The van der Waals surface area contributed by atoms with Crippen molar-refractivity contribution >= 4 is 11.9 Å². The van der Waals surface area contributed by atoms with Crippen LogP contribution in [0.2, 0.25) is 0 Å². The van der Waals surface area contributed by atoms with Gasteiger partial charge in [-0.1, -0.05) is 41.6 Å². The highest BCUT2D eigenvalue weighted by molar-refractivity contribution is 5.91. The summed E-state index contributed by atoms with van der Waals surface area (Å²) >= 11 is 0. The van der Waals surface area contributed by atoms with Crippen molar-refractivity contribution in [3.8, 4) is 5.75 Å². The molecule has 33 heavy (non-hydrogen) atoms. The van der Waals surface area contributed by atoms with E-state index in [4.69, 9.17) is 14.0 Å². The van der Waals surface area contributed by atoms with E-state index in [2.05, 4.69) is 5.16 Å². The normalized spacial score (nSPS) is 11.2. The summed E-state index contributed by atoms with van der Waals surface area (Å²) in [4.78, 5) is 27.2. The van der Waals surface area contributed by atoms with Gasteiger partial charge in [0.15, 0.2) is 6.61 Å². The highest BCUT2D eigenvalue weighted by atomic mass is 16.5. The maximum absolute atomic E-state index is 12.9. The van der Waals surface area contributed by atoms with Gasteiger partial charge in [0, 0.05) is 12.1 Å². The highest BCUT2D eigenvalue weighted by Crippen LogP contribution is 2.20. The Bertz CT molecular complexity index is 1080. The second kappa shape index (κ2) is 10.3. The second-order valence-corrected chi connectivity index (χ2v) is 8.83. The number of aryl methyl sites for hydroxylation is 2. The molecule has 0 radical (unpaired) electrons. The van der Waals surface area contributed by atoms with Gasteiger partial charge in [-0.05, 0) is 58.4 Å². The van der Waals surface area contributed by atoms with E-state index in [-0.39, 0.29) is 19.1 Å². The molecule has 2 aromatic carbocycles. The number of carbonyl (C=O) groups excluding carboxylic acids is 2. The first-order valence-corrected chi connectivity index (χ1v) is 10.8. The van der Waals surface area contributed by atoms with Crippen LogP contribution in [-0.4, -0.2) is 34.1 Å². The molecule has 0 aliphatic heterocycles. The summed E-state index contributed by atoms with van der Waals surface area (Å²) in [5.74, 6) is 0.363. The molecule has 0 spiro atoms. The quantitative estimate of drug-likeness (QED) is 0.456. The van der Waals surface area contributed by atoms with Gasteiger partial charge in [0.25, 0.3) is 5.91 Å². The lowest BCUT2D eigenvalue weighted by Crippen LogP contribution is -2.46. The van der Waals surface area contributed by atoms with Crippen molar-refractivity contribution < 1.29 is 23.6 Å². The first kappa shape index (κ1) is 24.0. The van der Waals surface area contributed by atoms with Gasteiger partial charge in [0.05, 0.1) is 16.8 Å². The SMILES string of the molecule is Cc1noc(C)c1COc1cccc(C(=O)OCC(=O)N(Cc2ccccc2)C(C)(C)C)c1. The Balaban J connectivity index is 1.61. The molecular weight excluding hydrogens is 420 g/mol. The summed E-state index contributed by atoms with van der Waals surface area (Å²) in [5, 5.41) is 3.91. The molecule has 0 aliphatic carbocycles. The average Bonchev–Trinajstić information content (AvgIpc) is 3.11. The van der Waals surface area contributed by atoms with Crippen LogP contribution in [0.1, 0.15) is 53.7 Å². The summed E-state index contributed by atoms with van der Waals surface area (Å²) in [5.41, 5.74) is 2.53. The van der Waals surface area contributed by atoms with Gasteiger partial charge in [-0.2, -0.15) is 0 Å². The number of benzene rings is 2. The molecule has 0 aliphatic rings. The van der Waals surface area contributed by atoms with E-state index in [9.17, 15) is 9.59 Å². The van der Waals surface area contributed by atoms with Crippen LogP contribution in [0.4, 0.5) is 0 Å². The molecule has 3 rings (SSSR count). The van der Waals surface area contributed by atoms with Crippen molar-refractivity contribution in [2.24, 2.45) is 0 Å². The number of rotatable bonds is 8. The number of amides is 1. The zero-order valence-electron chi connectivity index (χ0n) is 19.8. The lowest BCUT2D eigenvalue weighted by Gasteiger charge is -2.35. The Kier molecular flexibility index (Phi) is 7.53. The van der Waals surface area contributed by atoms with Crippen LogP contribution in [0.15, 0.2) is 59.1 Å². The zero-order chi connectivity index (χ0) is 24.0. The van der Waals surface area contributed by atoms with Crippen LogP contribution in [0, 0.1) is 13.8 Å². The fourth-order valence-electron chi connectivity index (χ4n) is 3.33. The molecule has 0 bridgehead atoms. The molecule has 0 atom stereocenters. The summed E-state index contributed by atoms with van der Waals surface area (Å²) in [6.07, 6.45) is 0. The van der Waals surface area contributed by atoms with Gasteiger partial charge in [-0.3, -0.25) is 4.79 Å². The highest BCUT2D eigenvalue weighted by Gasteiger charge is 2.27. The maximum atomic E-state index is 12.9. The Labute approximate surface area is 194 Å². The van der Waals surface area contributed by atoms with Crippen molar-refractivity contribution in [1.82, 2.24) is 10.1 Å². The first-order valence-electron chi connectivity index (χ1n) is 10.8. The third-order valence-electron chi connectivity index (χ3n) is 5.26. The minimum atomic E-state index is -0.584. The van der Waals surface area contributed by atoms with E-state index in [1.165, 1.54) is 0 Å². The van der Waals surface area contributed by atoms with Gasteiger partial charge >= 0.3 is 5.97 Å². The topological polar surface area (TPSA) is 81.9 Å². The molecule has 0 N–H and O–H groups in total. The Morgan fingerprint density at radius 2 is 1.76 bits per heavy atom. The smallest absolute Gasteiger partial charge is 0.338 e. The van der Waals surface area contributed by atoms with Crippen LogP contribution >= 0.6 is 0 Å². The number of esters is 1. The molecule has 3 aromatic rings.